The van der Waals surface area contributed by atoms with E-state index in [-0.39, 0.29) is 0 Å². The number of ether oxygens (including phenoxy) is 2. The van der Waals surface area contributed by atoms with Gasteiger partial charge in [-0.05, 0) is 36.8 Å². The van der Waals surface area contributed by atoms with Crippen molar-refractivity contribution in [2.45, 2.75) is 6.92 Å². The number of halogens is 2. The molecule has 0 atom stereocenters. The van der Waals surface area contributed by atoms with Gasteiger partial charge in [0.15, 0.2) is 0 Å². The third kappa shape index (κ3) is 3.95. The lowest BCUT2D eigenvalue weighted by atomic mass is 10.2. The molecule has 20 heavy (non-hydrogen) atoms. The Hall–Kier alpha value is -1.58. The molecule has 0 heterocycles. The number of anilines is 1. The predicted octanol–water partition coefficient (Wildman–Crippen LogP) is 4.34. The highest BCUT2D eigenvalue weighted by Gasteiger charge is 2.04. The molecule has 0 aliphatic heterocycles. The predicted molar refractivity (Wildman–Crippen MR) is 83.0 cm³/mol. The summed E-state index contributed by atoms with van der Waals surface area (Å²) in [5.74, 6) is 1.19. The van der Waals surface area contributed by atoms with Crippen LogP contribution in [0.2, 0.25) is 10.0 Å². The van der Waals surface area contributed by atoms with E-state index in [1.807, 2.05) is 25.1 Å². The quantitative estimate of drug-likeness (QED) is 0.660. The molecule has 0 aromatic heterocycles. The Kier molecular flexibility index (Phi) is 4.99. The zero-order valence-electron chi connectivity index (χ0n) is 11.0. The standard InChI is InChI=1S/C15H15Cl2NO2/c1-10-2-5-14(13(18)8-10)19-6-7-20-15-9-11(16)3-4-12(15)17/h2-5,8-9H,6-7,18H2,1H3. The third-order valence-corrected chi connectivity index (χ3v) is 3.20. The molecule has 0 saturated carbocycles. The van der Waals surface area contributed by atoms with Crippen LogP contribution < -0.4 is 15.2 Å². The molecule has 0 amide bonds. The molecule has 0 bridgehead atoms. The monoisotopic (exact) mass is 311 g/mol. The van der Waals surface area contributed by atoms with E-state index in [0.29, 0.717) is 40.4 Å². The second-order valence-electron chi connectivity index (χ2n) is 4.31. The van der Waals surface area contributed by atoms with Crippen molar-refractivity contribution in [3.05, 3.63) is 52.0 Å². The third-order valence-electron chi connectivity index (χ3n) is 2.66. The summed E-state index contributed by atoms with van der Waals surface area (Å²) in [6.45, 7) is 2.70. The largest absolute Gasteiger partial charge is 0.488 e. The Morgan fingerprint density at radius 3 is 2.35 bits per heavy atom. The number of benzene rings is 2. The molecule has 0 saturated heterocycles. The molecule has 0 radical (unpaired) electrons. The first-order chi connectivity index (χ1) is 9.56. The first kappa shape index (κ1) is 14.8. The molecule has 0 spiro atoms. The molecule has 2 aromatic rings. The van der Waals surface area contributed by atoms with Gasteiger partial charge in [0.25, 0.3) is 0 Å². The number of aryl methyl sites for hydroxylation is 1. The van der Waals surface area contributed by atoms with Gasteiger partial charge in [-0.2, -0.15) is 0 Å². The Morgan fingerprint density at radius 1 is 0.950 bits per heavy atom. The van der Waals surface area contributed by atoms with Crippen LogP contribution in [0.1, 0.15) is 5.56 Å². The Bertz CT molecular complexity index is 602. The average Bonchev–Trinajstić information content (AvgIpc) is 2.40. The van der Waals surface area contributed by atoms with E-state index in [9.17, 15) is 0 Å². The van der Waals surface area contributed by atoms with Crippen molar-refractivity contribution in [2.24, 2.45) is 0 Å². The minimum absolute atomic E-state index is 0.355. The molecule has 2 N–H and O–H groups in total. The molecule has 0 fully saturated rings. The topological polar surface area (TPSA) is 44.5 Å². The Labute approximate surface area is 128 Å². The lowest BCUT2D eigenvalue weighted by Crippen LogP contribution is -2.10. The van der Waals surface area contributed by atoms with Crippen molar-refractivity contribution in [2.75, 3.05) is 18.9 Å². The highest BCUT2D eigenvalue weighted by molar-refractivity contribution is 6.34. The van der Waals surface area contributed by atoms with Crippen LogP contribution in [0.5, 0.6) is 11.5 Å². The number of rotatable bonds is 5. The molecule has 5 heteroatoms. The summed E-state index contributed by atoms with van der Waals surface area (Å²) in [5.41, 5.74) is 7.57. The molecule has 106 valence electrons. The van der Waals surface area contributed by atoms with Crippen LogP contribution in [0, 0.1) is 6.92 Å². The van der Waals surface area contributed by atoms with Crippen LogP contribution in [-0.4, -0.2) is 13.2 Å². The molecule has 2 aromatic carbocycles. The van der Waals surface area contributed by atoms with E-state index >= 15 is 0 Å². The van der Waals surface area contributed by atoms with Crippen molar-refractivity contribution in [3.8, 4) is 11.5 Å². The molecule has 0 aliphatic rings. The van der Waals surface area contributed by atoms with Gasteiger partial charge in [-0.15, -0.1) is 0 Å². The summed E-state index contributed by atoms with van der Waals surface area (Å²) in [7, 11) is 0. The van der Waals surface area contributed by atoms with Gasteiger partial charge in [-0.25, -0.2) is 0 Å². The fraction of sp³-hybridized carbons (Fsp3) is 0.200. The zero-order chi connectivity index (χ0) is 14.5. The number of hydrogen-bond acceptors (Lipinski definition) is 3. The minimum Gasteiger partial charge on any atom is -0.488 e. The normalized spacial score (nSPS) is 10.3. The zero-order valence-corrected chi connectivity index (χ0v) is 12.5. The molecule has 2 rings (SSSR count). The van der Waals surface area contributed by atoms with Crippen molar-refractivity contribution >= 4 is 28.9 Å². The van der Waals surface area contributed by atoms with Gasteiger partial charge in [-0.3, -0.25) is 0 Å². The van der Waals surface area contributed by atoms with E-state index in [4.69, 9.17) is 38.4 Å². The van der Waals surface area contributed by atoms with Gasteiger partial charge in [0.05, 0.1) is 10.7 Å². The highest BCUT2D eigenvalue weighted by Crippen LogP contribution is 2.27. The second kappa shape index (κ2) is 6.73. The summed E-state index contributed by atoms with van der Waals surface area (Å²) in [6, 6.07) is 10.7. The van der Waals surface area contributed by atoms with Gasteiger partial charge >= 0.3 is 0 Å². The summed E-state index contributed by atoms with van der Waals surface area (Å²) >= 11 is 11.9. The maximum Gasteiger partial charge on any atom is 0.142 e. The first-order valence-corrected chi connectivity index (χ1v) is 6.88. The van der Waals surface area contributed by atoms with Gasteiger partial charge in [0.1, 0.15) is 24.7 Å². The van der Waals surface area contributed by atoms with E-state index in [1.54, 1.807) is 18.2 Å². The van der Waals surface area contributed by atoms with Crippen LogP contribution in [-0.2, 0) is 0 Å². The molecular weight excluding hydrogens is 297 g/mol. The number of nitrogen functional groups attached to an aromatic ring is 1. The van der Waals surface area contributed by atoms with Crippen LogP contribution in [0.15, 0.2) is 36.4 Å². The lowest BCUT2D eigenvalue weighted by molar-refractivity contribution is 0.218. The molecule has 3 nitrogen and oxygen atoms in total. The summed E-state index contributed by atoms with van der Waals surface area (Å²) in [5, 5.41) is 1.09. The molecular formula is C15H15Cl2NO2. The van der Waals surface area contributed by atoms with Crippen LogP contribution in [0.25, 0.3) is 0 Å². The molecule has 0 unspecified atom stereocenters. The smallest absolute Gasteiger partial charge is 0.142 e. The van der Waals surface area contributed by atoms with Crippen molar-refractivity contribution in [1.82, 2.24) is 0 Å². The van der Waals surface area contributed by atoms with E-state index < -0.39 is 0 Å². The molecule has 0 aliphatic carbocycles. The van der Waals surface area contributed by atoms with E-state index in [2.05, 4.69) is 0 Å². The fourth-order valence-corrected chi connectivity index (χ4v) is 2.02. The summed E-state index contributed by atoms with van der Waals surface area (Å²) in [4.78, 5) is 0. The van der Waals surface area contributed by atoms with Crippen molar-refractivity contribution in [3.63, 3.8) is 0 Å². The summed E-state index contributed by atoms with van der Waals surface area (Å²) < 4.78 is 11.1. The van der Waals surface area contributed by atoms with E-state index in [0.717, 1.165) is 5.56 Å². The van der Waals surface area contributed by atoms with Gasteiger partial charge in [0, 0.05) is 11.1 Å². The minimum atomic E-state index is 0.355. The number of nitrogens with two attached hydrogens (primary N) is 1. The van der Waals surface area contributed by atoms with Crippen molar-refractivity contribution < 1.29 is 9.47 Å². The van der Waals surface area contributed by atoms with Crippen LogP contribution >= 0.6 is 23.2 Å². The van der Waals surface area contributed by atoms with Crippen LogP contribution in [0.4, 0.5) is 5.69 Å². The second-order valence-corrected chi connectivity index (χ2v) is 5.16. The van der Waals surface area contributed by atoms with Crippen molar-refractivity contribution in [1.29, 1.82) is 0 Å². The van der Waals surface area contributed by atoms with E-state index in [1.165, 1.54) is 0 Å². The van der Waals surface area contributed by atoms with Gasteiger partial charge in [0.2, 0.25) is 0 Å². The SMILES string of the molecule is Cc1ccc(OCCOc2cc(Cl)ccc2Cl)c(N)c1. The maximum absolute atomic E-state index is 5.99. The lowest BCUT2D eigenvalue weighted by Gasteiger charge is -2.11. The van der Waals surface area contributed by atoms with Gasteiger partial charge < -0.3 is 15.2 Å². The van der Waals surface area contributed by atoms with Crippen LogP contribution in [0.3, 0.4) is 0 Å². The average molecular weight is 312 g/mol. The number of hydrogen-bond donors (Lipinski definition) is 1. The fourth-order valence-electron chi connectivity index (χ4n) is 1.69. The first-order valence-electron chi connectivity index (χ1n) is 6.13. The maximum atomic E-state index is 5.99. The Balaban J connectivity index is 1.86. The highest BCUT2D eigenvalue weighted by atomic mass is 35.5. The Morgan fingerprint density at radius 2 is 1.65 bits per heavy atom. The summed E-state index contributed by atoms with van der Waals surface area (Å²) in [6.07, 6.45) is 0. The van der Waals surface area contributed by atoms with Gasteiger partial charge in [-0.1, -0.05) is 29.3 Å².